The molecule has 1 spiro atoms. The van der Waals surface area contributed by atoms with Crippen LogP contribution in [0.3, 0.4) is 0 Å². The molecule has 2 aliphatic rings. The van der Waals surface area contributed by atoms with E-state index < -0.39 is 30.7 Å². The van der Waals surface area contributed by atoms with Gasteiger partial charge in [-0.2, -0.15) is 0 Å². The largest absolute Gasteiger partial charge is 0.417 e. The second-order valence-electron chi connectivity index (χ2n) is 18.2. The van der Waals surface area contributed by atoms with Gasteiger partial charge in [-0.25, -0.2) is 0 Å². The molecule has 0 radical (unpaired) electrons. The number of benzene rings is 1. The zero-order chi connectivity index (χ0) is 38.8. The highest BCUT2D eigenvalue weighted by Crippen LogP contribution is 2.49. The van der Waals surface area contributed by atoms with Crippen LogP contribution in [-0.4, -0.2) is 67.9 Å². The molecule has 0 amide bonds. The van der Waals surface area contributed by atoms with E-state index in [-0.39, 0.29) is 34.9 Å². The number of hydrogen-bond donors (Lipinski definition) is 0. The monoisotopic (exact) mass is 777 g/mol. The van der Waals surface area contributed by atoms with Gasteiger partial charge in [0.25, 0.3) is 0 Å². The lowest BCUT2D eigenvalue weighted by molar-refractivity contribution is -0.347. The molecule has 6 nitrogen and oxygen atoms in total. The molecule has 0 aliphatic carbocycles. The van der Waals surface area contributed by atoms with E-state index in [1.54, 1.807) is 0 Å². The Labute approximate surface area is 323 Å². The molecule has 0 bridgehead atoms. The topological polar surface area (TPSA) is 55.4 Å². The first kappa shape index (κ1) is 45.8. The molecule has 52 heavy (non-hydrogen) atoms. The molecule has 0 unspecified atom stereocenters. The van der Waals surface area contributed by atoms with Crippen molar-refractivity contribution in [1.82, 2.24) is 0 Å². The van der Waals surface area contributed by atoms with E-state index in [0.29, 0.717) is 19.8 Å². The quantitative estimate of drug-likeness (QED) is 0.0915. The molecule has 0 saturated carbocycles. The summed E-state index contributed by atoms with van der Waals surface area (Å²) in [6.45, 7) is 36.8. The van der Waals surface area contributed by atoms with Crippen LogP contribution in [0.4, 0.5) is 0 Å². The lowest BCUT2D eigenvalue weighted by atomic mass is 9.80. The maximum Gasteiger partial charge on any atom is 0.192 e. The van der Waals surface area contributed by atoms with Crippen LogP contribution in [0.5, 0.6) is 0 Å². The van der Waals surface area contributed by atoms with E-state index in [4.69, 9.17) is 27.5 Å². The average molecular weight is 777 g/mol. The fourth-order valence-corrected chi connectivity index (χ4v) is 15.4. The molecule has 9 heteroatoms. The summed E-state index contributed by atoms with van der Waals surface area (Å²) in [4.78, 5) is 0. The van der Waals surface area contributed by atoms with Crippen molar-refractivity contribution in [3.8, 4) is 0 Å². The summed E-state index contributed by atoms with van der Waals surface area (Å²) in [5.41, 5.74) is 2.00. The minimum atomic E-state index is -1.94. The second kappa shape index (κ2) is 19.5. The lowest BCUT2D eigenvalue weighted by Gasteiger charge is -2.56. The van der Waals surface area contributed by atoms with Gasteiger partial charge in [0.15, 0.2) is 30.7 Å². The van der Waals surface area contributed by atoms with Gasteiger partial charge in [0, 0.05) is 31.8 Å². The van der Waals surface area contributed by atoms with Crippen LogP contribution in [-0.2, 0) is 34.1 Å². The van der Waals surface area contributed by atoms with Crippen molar-refractivity contribution < 1.29 is 27.5 Å². The standard InChI is InChI=1S/C43H80O6Si3/c1-15-51(16-2,17-3)48-40-29-38(26-27-45-50(13,14)41(9,10)11)46-43(31-40)34-42(12,49-52(18-4,19-5)20-6)30-39(47-43)28-35(7)36(8)32-44-33-37-24-22-21-23-25-37/h21-25,36,38-40H,7,15-20,26-34H2,1-6,8-14H3/t36-,38-,39-,40-,42-,43+/m0/s1. The Morgan fingerprint density at radius 2 is 1.46 bits per heavy atom. The van der Waals surface area contributed by atoms with E-state index in [1.165, 1.54) is 11.1 Å². The molecule has 1 aromatic rings. The van der Waals surface area contributed by atoms with Crippen molar-refractivity contribution in [2.75, 3.05) is 13.2 Å². The van der Waals surface area contributed by atoms with Gasteiger partial charge in [-0.1, -0.05) is 112 Å². The molecule has 2 fully saturated rings. The maximum absolute atomic E-state index is 7.50. The van der Waals surface area contributed by atoms with Crippen LogP contribution in [0.2, 0.25) is 54.4 Å². The van der Waals surface area contributed by atoms with Crippen LogP contribution in [0.25, 0.3) is 0 Å². The molecular weight excluding hydrogens is 697 g/mol. The maximum atomic E-state index is 7.50. The summed E-state index contributed by atoms with van der Waals surface area (Å²) in [6.07, 6.45) is 4.86. The summed E-state index contributed by atoms with van der Waals surface area (Å²) >= 11 is 0. The Morgan fingerprint density at radius 1 is 0.885 bits per heavy atom. The Bertz CT molecular complexity index is 1200. The fraction of sp³-hybridized carbons (Fsp3) is 0.814. The third kappa shape index (κ3) is 12.4. The van der Waals surface area contributed by atoms with Crippen LogP contribution in [0.1, 0.15) is 120 Å². The van der Waals surface area contributed by atoms with Gasteiger partial charge in [-0.05, 0) is 86.1 Å². The molecule has 2 saturated heterocycles. The smallest absolute Gasteiger partial charge is 0.192 e. The first-order chi connectivity index (χ1) is 24.4. The van der Waals surface area contributed by atoms with Crippen molar-refractivity contribution in [2.24, 2.45) is 5.92 Å². The van der Waals surface area contributed by atoms with Gasteiger partial charge in [-0.15, -0.1) is 0 Å². The van der Waals surface area contributed by atoms with Crippen LogP contribution < -0.4 is 0 Å². The molecule has 1 aromatic carbocycles. The normalized spacial score (nSPS) is 26.8. The summed E-state index contributed by atoms with van der Waals surface area (Å²) < 4.78 is 42.3. The molecule has 2 heterocycles. The molecule has 2 aliphatic heterocycles. The van der Waals surface area contributed by atoms with Crippen molar-refractivity contribution in [2.45, 2.75) is 205 Å². The third-order valence-electron chi connectivity index (χ3n) is 13.3. The van der Waals surface area contributed by atoms with E-state index in [2.05, 4.69) is 120 Å². The van der Waals surface area contributed by atoms with Crippen molar-refractivity contribution in [3.63, 3.8) is 0 Å². The van der Waals surface area contributed by atoms with E-state index in [9.17, 15) is 0 Å². The Balaban J connectivity index is 1.92. The predicted molar refractivity (Wildman–Crippen MR) is 226 cm³/mol. The van der Waals surface area contributed by atoms with Crippen LogP contribution >= 0.6 is 0 Å². The minimum absolute atomic E-state index is 0.00262. The highest BCUT2D eigenvalue weighted by atomic mass is 28.4. The molecule has 0 N–H and O–H groups in total. The highest BCUT2D eigenvalue weighted by molar-refractivity contribution is 6.74. The van der Waals surface area contributed by atoms with Crippen molar-refractivity contribution in [3.05, 3.63) is 48.0 Å². The number of hydrogen-bond acceptors (Lipinski definition) is 6. The van der Waals surface area contributed by atoms with Gasteiger partial charge < -0.3 is 27.5 Å². The van der Waals surface area contributed by atoms with Crippen LogP contribution in [0.15, 0.2) is 42.5 Å². The first-order valence-electron chi connectivity index (χ1n) is 21.0. The Hall–Kier alpha value is -0.629. The Morgan fingerprint density at radius 3 is 2.02 bits per heavy atom. The van der Waals surface area contributed by atoms with E-state index >= 15 is 0 Å². The zero-order valence-corrected chi connectivity index (χ0v) is 39.0. The van der Waals surface area contributed by atoms with E-state index in [0.717, 1.165) is 74.8 Å². The average Bonchev–Trinajstić information content (AvgIpc) is 3.09. The van der Waals surface area contributed by atoms with Gasteiger partial charge >= 0.3 is 0 Å². The highest BCUT2D eigenvalue weighted by Gasteiger charge is 2.55. The molecule has 6 atom stereocenters. The van der Waals surface area contributed by atoms with Gasteiger partial charge in [-0.3, -0.25) is 0 Å². The number of ether oxygens (including phenoxy) is 3. The SMILES string of the molecule is C=C(C[C@H]1C[C@](C)(O[Si](CC)(CC)CC)C[C@@]2(C[C@@H](O[Si](CC)(CC)CC)C[C@H](CCO[Si](C)(C)C(C)(C)C)O2)O1)[C@@H](C)COCc1ccccc1. The summed E-state index contributed by atoms with van der Waals surface area (Å²) in [7, 11) is -5.71. The van der Waals surface area contributed by atoms with Gasteiger partial charge in [0.2, 0.25) is 0 Å². The molecule has 300 valence electrons. The molecule has 0 aromatic heterocycles. The van der Waals surface area contributed by atoms with Gasteiger partial charge in [0.1, 0.15) is 0 Å². The predicted octanol–water partition coefficient (Wildman–Crippen LogP) is 12.4. The molecular formula is C43H80O6Si3. The molecule has 3 rings (SSSR count). The van der Waals surface area contributed by atoms with Crippen LogP contribution in [0, 0.1) is 5.92 Å². The van der Waals surface area contributed by atoms with Crippen molar-refractivity contribution in [1.29, 1.82) is 0 Å². The first-order valence-corrected chi connectivity index (χ1v) is 29.0. The third-order valence-corrected chi connectivity index (χ3v) is 27.3. The summed E-state index contributed by atoms with van der Waals surface area (Å²) in [6, 6.07) is 17.2. The fourth-order valence-electron chi connectivity index (χ4n) is 8.33. The Kier molecular flexibility index (Phi) is 17.1. The zero-order valence-electron chi connectivity index (χ0n) is 36.0. The summed E-state index contributed by atoms with van der Waals surface area (Å²) in [5.74, 6) is -0.568. The minimum Gasteiger partial charge on any atom is -0.417 e. The number of rotatable bonds is 21. The van der Waals surface area contributed by atoms with Crippen molar-refractivity contribution >= 4 is 25.0 Å². The second-order valence-corrected chi connectivity index (χ2v) is 32.4. The summed E-state index contributed by atoms with van der Waals surface area (Å²) in [5, 5.41) is 0.168. The van der Waals surface area contributed by atoms with E-state index in [1.807, 2.05) is 6.07 Å². The lowest BCUT2D eigenvalue weighted by Crippen LogP contribution is -2.61. The van der Waals surface area contributed by atoms with Gasteiger partial charge in [0.05, 0.1) is 37.1 Å².